The van der Waals surface area contributed by atoms with E-state index in [1.54, 1.807) is 13.2 Å². The molecule has 0 bridgehead atoms. The highest BCUT2D eigenvalue weighted by atomic mass is 35.5. The number of hydrogen-bond acceptors (Lipinski definition) is 5. The number of nitrogens with zero attached hydrogens (tertiary/aromatic N) is 2. The second-order valence-corrected chi connectivity index (χ2v) is 5.14. The standard InChI is InChI=1S/C14H15ClN4O/c1-20-11-4-2-3-9(15)13(11)10-7-12(17-8-5-6-8)19-14(16)18-10/h2-4,7-8H,5-6H2,1H3,(H3,16,17,18,19). The molecule has 1 aromatic carbocycles. The first-order chi connectivity index (χ1) is 9.67. The van der Waals surface area contributed by atoms with E-state index in [4.69, 9.17) is 22.1 Å². The van der Waals surface area contributed by atoms with Gasteiger partial charge in [0.05, 0.1) is 23.4 Å². The first kappa shape index (κ1) is 13.0. The highest BCUT2D eigenvalue weighted by Gasteiger charge is 2.22. The van der Waals surface area contributed by atoms with Crippen LogP contribution in [-0.4, -0.2) is 23.1 Å². The van der Waals surface area contributed by atoms with E-state index >= 15 is 0 Å². The molecular weight excluding hydrogens is 276 g/mol. The SMILES string of the molecule is COc1cccc(Cl)c1-c1cc(NC2CC2)nc(N)n1. The molecule has 1 fully saturated rings. The average Bonchev–Trinajstić information content (AvgIpc) is 3.21. The van der Waals surface area contributed by atoms with Crippen LogP contribution in [0.4, 0.5) is 11.8 Å². The van der Waals surface area contributed by atoms with Crippen LogP contribution >= 0.6 is 11.6 Å². The quantitative estimate of drug-likeness (QED) is 0.905. The number of halogens is 1. The van der Waals surface area contributed by atoms with Gasteiger partial charge in [-0.1, -0.05) is 17.7 Å². The third-order valence-corrected chi connectivity index (χ3v) is 3.44. The van der Waals surface area contributed by atoms with Crippen molar-refractivity contribution in [1.29, 1.82) is 0 Å². The van der Waals surface area contributed by atoms with Gasteiger partial charge in [0.25, 0.3) is 0 Å². The van der Waals surface area contributed by atoms with Crippen LogP contribution in [0, 0.1) is 0 Å². The average molecular weight is 291 g/mol. The first-order valence-electron chi connectivity index (χ1n) is 6.41. The maximum absolute atomic E-state index is 6.26. The van der Waals surface area contributed by atoms with Gasteiger partial charge in [-0.15, -0.1) is 0 Å². The molecule has 3 N–H and O–H groups in total. The molecule has 3 rings (SSSR count). The maximum Gasteiger partial charge on any atom is 0.222 e. The number of nitrogens with two attached hydrogens (primary N) is 1. The van der Waals surface area contributed by atoms with Crippen LogP contribution in [0.5, 0.6) is 5.75 Å². The van der Waals surface area contributed by atoms with E-state index in [9.17, 15) is 0 Å². The summed E-state index contributed by atoms with van der Waals surface area (Å²) < 4.78 is 5.35. The zero-order valence-electron chi connectivity index (χ0n) is 11.1. The molecule has 1 aliphatic carbocycles. The molecule has 0 unspecified atom stereocenters. The number of nitrogens with one attached hydrogen (secondary N) is 1. The van der Waals surface area contributed by atoms with Crippen molar-refractivity contribution in [2.45, 2.75) is 18.9 Å². The minimum Gasteiger partial charge on any atom is -0.496 e. The third kappa shape index (κ3) is 2.63. The fraction of sp³-hybridized carbons (Fsp3) is 0.286. The van der Waals surface area contributed by atoms with Crippen molar-refractivity contribution in [3.63, 3.8) is 0 Å². The topological polar surface area (TPSA) is 73.1 Å². The number of ether oxygens (including phenoxy) is 1. The molecule has 1 saturated carbocycles. The number of benzene rings is 1. The number of aromatic nitrogens is 2. The van der Waals surface area contributed by atoms with Gasteiger partial charge in [-0.25, -0.2) is 4.98 Å². The van der Waals surface area contributed by atoms with E-state index in [0.717, 1.165) is 24.2 Å². The normalized spacial score (nSPS) is 14.1. The van der Waals surface area contributed by atoms with Crippen molar-refractivity contribution in [2.24, 2.45) is 0 Å². The van der Waals surface area contributed by atoms with Crippen LogP contribution < -0.4 is 15.8 Å². The summed E-state index contributed by atoms with van der Waals surface area (Å²) in [7, 11) is 1.60. The summed E-state index contributed by atoms with van der Waals surface area (Å²) in [6, 6.07) is 7.81. The van der Waals surface area contributed by atoms with Gasteiger partial charge in [0.2, 0.25) is 5.95 Å². The van der Waals surface area contributed by atoms with Crippen molar-refractivity contribution in [3.8, 4) is 17.0 Å². The Morgan fingerprint density at radius 1 is 1.35 bits per heavy atom. The monoisotopic (exact) mass is 290 g/mol. The zero-order chi connectivity index (χ0) is 14.1. The largest absolute Gasteiger partial charge is 0.496 e. The number of nitrogen functional groups attached to an aromatic ring is 1. The molecule has 5 nitrogen and oxygen atoms in total. The van der Waals surface area contributed by atoms with Crippen molar-refractivity contribution in [3.05, 3.63) is 29.3 Å². The molecule has 0 saturated heterocycles. The highest BCUT2D eigenvalue weighted by molar-refractivity contribution is 6.33. The van der Waals surface area contributed by atoms with Gasteiger partial charge < -0.3 is 15.8 Å². The minimum atomic E-state index is 0.215. The Labute approximate surface area is 122 Å². The Morgan fingerprint density at radius 2 is 2.15 bits per heavy atom. The Bertz CT molecular complexity index is 643. The fourth-order valence-corrected chi connectivity index (χ4v) is 2.29. The second kappa shape index (κ2) is 5.17. The lowest BCUT2D eigenvalue weighted by Gasteiger charge is -2.12. The van der Waals surface area contributed by atoms with Gasteiger partial charge in [-0.05, 0) is 25.0 Å². The summed E-state index contributed by atoms with van der Waals surface area (Å²) in [5.41, 5.74) is 7.17. The summed E-state index contributed by atoms with van der Waals surface area (Å²) >= 11 is 6.26. The van der Waals surface area contributed by atoms with Crippen molar-refractivity contribution >= 4 is 23.4 Å². The summed E-state index contributed by atoms with van der Waals surface area (Å²) in [5.74, 6) is 1.59. The molecule has 0 aliphatic heterocycles. The molecule has 0 atom stereocenters. The van der Waals surface area contributed by atoms with Gasteiger partial charge in [0.1, 0.15) is 11.6 Å². The number of methoxy groups -OCH3 is 1. The zero-order valence-corrected chi connectivity index (χ0v) is 11.8. The van der Waals surface area contributed by atoms with E-state index < -0.39 is 0 Å². The van der Waals surface area contributed by atoms with Gasteiger partial charge >= 0.3 is 0 Å². The molecule has 1 aromatic heterocycles. The van der Waals surface area contributed by atoms with Crippen LogP contribution in [0.3, 0.4) is 0 Å². The van der Waals surface area contributed by atoms with Crippen molar-refractivity contribution in [2.75, 3.05) is 18.2 Å². The van der Waals surface area contributed by atoms with Crippen LogP contribution in [0.2, 0.25) is 5.02 Å². The van der Waals surface area contributed by atoms with Crippen LogP contribution in [-0.2, 0) is 0 Å². The van der Waals surface area contributed by atoms with Crippen LogP contribution in [0.15, 0.2) is 24.3 Å². The van der Waals surface area contributed by atoms with E-state index in [1.807, 2.05) is 18.2 Å². The number of hydrogen-bond donors (Lipinski definition) is 2. The maximum atomic E-state index is 6.26. The molecule has 2 aromatic rings. The van der Waals surface area contributed by atoms with Crippen molar-refractivity contribution < 1.29 is 4.74 Å². The molecule has 0 spiro atoms. The van der Waals surface area contributed by atoms with Gasteiger partial charge in [0.15, 0.2) is 0 Å². The minimum absolute atomic E-state index is 0.215. The van der Waals surface area contributed by atoms with Crippen LogP contribution in [0.25, 0.3) is 11.3 Å². The third-order valence-electron chi connectivity index (χ3n) is 3.12. The molecule has 20 heavy (non-hydrogen) atoms. The summed E-state index contributed by atoms with van der Waals surface area (Å²) in [6.07, 6.45) is 2.32. The lowest BCUT2D eigenvalue weighted by atomic mass is 10.1. The van der Waals surface area contributed by atoms with Gasteiger partial charge in [-0.2, -0.15) is 4.98 Å². The summed E-state index contributed by atoms with van der Waals surface area (Å²) in [4.78, 5) is 8.46. The molecule has 1 heterocycles. The lowest BCUT2D eigenvalue weighted by molar-refractivity contribution is 0.416. The van der Waals surface area contributed by atoms with E-state index in [-0.39, 0.29) is 5.95 Å². The van der Waals surface area contributed by atoms with E-state index in [2.05, 4.69) is 15.3 Å². The predicted molar refractivity (Wildman–Crippen MR) is 80.1 cm³/mol. The molecule has 6 heteroatoms. The lowest BCUT2D eigenvalue weighted by Crippen LogP contribution is -2.06. The Kier molecular flexibility index (Phi) is 3.36. The van der Waals surface area contributed by atoms with Gasteiger partial charge in [0, 0.05) is 12.1 Å². The van der Waals surface area contributed by atoms with E-state index in [0.29, 0.717) is 22.5 Å². The summed E-state index contributed by atoms with van der Waals surface area (Å²) in [6.45, 7) is 0. The fourth-order valence-electron chi connectivity index (χ4n) is 2.03. The molecule has 0 radical (unpaired) electrons. The molecule has 104 valence electrons. The number of anilines is 2. The Hall–Kier alpha value is -2.01. The van der Waals surface area contributed by atoms with Gasteiger partial charge in [-0.3, -0.25) is 0 Å². The van der Waals surface area contributed by atoms with E-state index in [1.165, 1.54) is 0 Å². The molecular formula is C14H15ClN4O. The summed E-state index contributed by atoms with van der Waals surface area (Å²) in [5, 5.41) is 3.88. The van der Waals surface area contributed by atoms with Crippen molar-refractivity contribution in [1.82, 2.24) is 9.97 Å². The Balaban J connectivity index is 2.06. The smallest absolute Gasteiger partial charge is 0.222 e. The highest BCUT2D eigenvalue weighted by Crippen LogP contribution is 2.36. The predicted octanol–water partition coefficient (Wildman–Crippen LogP) is 2.96. The molecule has 0 amide bonds. The first-order valence-corrected chi connectivity index (χ1v) is 6.79. The Morgan fingerprint density at radius 3 is 2.85 bits per heavy atom. The number of rotatable bonds is 4. The van der Waals surface area contributed by atoms with Crippen LogP contribution in [0.1, 0.15) is 12.8 Å². The second-order valence-electron chi connectivity index (χ2n) is 4.73. The molecule has 1 aliphatic rings.